The fourth-order valence-corrected chi connectivity index (χ4v) is 4.73. The molecule has 0 saturated carbocycles. The lowest BCUT2D eigenvalue weighted by atomic mass is 10.1. The van der Waals surface area contributed by atoms with E-state index in [-0.39, 0.29) is 23.1 Å². The third kappa shape index (κ3) is 4.71. The number of nitrogens with one attached hydrogen (secondary N) is 2. The van der Waals surface area contributed by atoms with Gasteiger partial charge in [0.25, 0.3) is 11.8 Å². The summed E-state index contributed by atoms with van der Waals surface area (Å²) in [5, 5.41) is 6.30. The van der Waals surface area contributed by atoms with Crippen molar-refractivity contribution in [2.24, 2.45) is 0 Å². The molecule has 7 nitrogen and oxygen atoms in total. The fraction of sp³-hybridized carbons (Fsp3) is 0.0370. The van der Waals surface area contributed by atoms with E-state index < -0.39 is 11.8 Å². The topological polar surface area (TPSA) is 83.4 Å². The first-order valence-electron chi connectivity index (χ1n) is 11.0. The highest BCUT2D eigenvalue weighted by Crippen LogP contribution is 2.28. The number of thiocarbonyl (C=S) groups is 1. The second-order valence-corrected chi connectivity index (χ2v) is 9.38. The first-order chi connectivity index (χ1) is 17.4. The highest BCUT2D eigenvalue weighted by Gasteiger charge is 2.34. The van der Waals surface area contributed by atoms with Gasteiger partial charge in [-0.2, -0.15) is 0 Å². The van der Waals surface area contributed by atoms with Crippen molar-refractivity contribution in [2.45, 2.75) is 6.54 Å². The number of halogens is 1. The molecule has 0 bridgehead atoms. The molecule has 1 aliphatic rings. The maximum atomic E-state index is 13.4. The maximum Gasteiger partial charge on any atom is 0.270 e. The minimum absolute atomic E-state index is 0.0141. The minimum Gasteiger partial charge on any atom is -0.337 e. The summed E-state index contributed by atoms with van der Waals surface area (Å²) in [6.07, 6.45) is 3.30. The zero-order valence-electron chi connectivity index (χ0n) is 18.8. The number of carbonyl (C=O) groups is 3. The van der Waals surface area contributed by atoms with Crippen LogP contribution in [0.4, 0.5) is 11.4 Å². The van der Waals surface area contributed by atoms with Crippen LogP contribution in [0.25, 0.3) is 17.0 Å². The predicted octanol–water partition coefficient (Wildman–Crippen LogP) is 4.87. The van der Waals surface area contributed by atoms with Gasteiger partial charge in [0.15, 0.2) is 5.11 Å². The third-order valence-electron chi connectivity index (χ3n) is 5.66. The molecule has 1 aromatic heterocycles. The molecule has 2 heterocycles. The predicted molar refractivity (Wildman–Crippen MR) is 147 cm³/mol. The SMILES string of the molecule is O=C(Cn1cc(/C=C2/C(=O)NC(=S)N(c3cccc(Br)c3)C2=O)c2ccccc21)Nc1ccccc1. The molecule has 0 aliphatic carbocycles. The summed E-state index contributed by atoms with van der Waals surface area (Å²) in [7, 11) is 0. The molecular weight excluding hydrogens is 540 g/mol. The molecule has 9 heteroatoms. The summed E-state index contributed by atoms with van der Waals surface area (Å²) < 4.78 is 2.57. The Morgan fingerprint density at radius 1 is 1.00 bits per heavy atom. The lowest BCUT2D eigenvalue weighted by molar-refractivity contribution is -0.122. The lowest BCUT2D eigenvalue weighted by Crippen LogP contribution is -2.54. The van der Waals surface area contributed by atoms with Crippen LogP contribution < -0.4 is 15.5 Å². The number of amides is 3. The van der Waals surface area contributed by atoms with Crippen molar-refractivity contribution in [3.05, 3.63) is 101 Å². The molecular formula is C27H19BrN4O3S. The summed E-state index contributed by atoms with van der Waals surface area (Å²) in [5.41, 5.74) is 2.62. The van der Waals surface area contributed by atoms with E-state index in [2.05, 4.69) is 26.6 Å². The summed E-state index contributed by atoms with van der Waals surface area (Å²) in [4.78, 5) is 40.2. The zero-order chi connectivity index (χ0) is 25.2. The monoisotopic (exact) mass is 558 g/mol. The van der Waals surface area contributed by atoms with Crippen LogP contribution in [0.3, 0.4) is 0 Å². The van der Waals surface area contributed by atoms with Gasteiger partial charge in [0, 0.05) is 32.8 Å². The Morgan fingerprint density at radius 2 is 1.75 bits per heavy atom. The minimum atomic E-state index is -0.574. The average Bonchev–Trinajstić information content (AvgIpc) is 3.19. The molecule has 1 fully saturated rings. The first-order valence-corrected chi connectivity index (χ1v) is 12.2. The van der Waals surface area contributed by atoms with Gasteiger partial charge in [-0.25, -0.2) is 0 Å². The number of para-hydroxylation sites is 2. The molecule has 178 valence electrons. The molecule has 3 amide bonds. The highest BCUT2D eigenvalue weighted by atomic mass is 79.9. The van der Waals surface area contributed by atoms with Crippen LogP contribution in [0.5, 0.6) is 0 Å². The Bertz CT molecular complexity index is 1560. The number of hydrogen-bond acceptors (Lipinski definition) is 4. The molecule has 1 aliphatic heterocycles. The largest absolute Gasteiger partial charge is 0.337 e. The normalized spacial score (nSPS) is 14.9. The summed E-state index contributed by atoms with van der Waals surface area (Å²) >= 11 is 8.69. The number of rotatable bonds is 5. The van der Waals surface area contributed by atoms with E-state index in [4.69, 9.17) is 12.2 Å². The Morgan fingerprint density at radius 3 is 2.53 bits per heavy atom. The Balaban J connectivity index is 1.49. The molecule has 0 radical (unpaired) electrons. The number of anilines is 2. The summed E-state index contributed by atoms with van der Waals surface area (Å²) in [6, 6.07) is 23.8. The Labute approximate surface area is 220 Å². The van der Waals surface area contributed by atoms with E-state index in [0.29, 0.717) is 16.9 Å². The number of nitrogens with zero attached hydrogens (tertiary/aromatic N) is 2. The van der Waals surface area contributed by atoms with Gasteiger partial charge < -0.3 is 9.88 Å². The van der Waals surface area contributed by atoms with Crippen LogP contribution in [0.1, 0.15) is 5.56 Å². The van der Waals surface area contributed by atoms with Crippen LogP contribution in [0.15, 0.2) is 95.1 Å². The number of carbonyl (C=O) groups excluding carboxylic acids is 3. The standard InChI is InChI=1S/C27H19BrN4O3S/c28-18-7-6-10-20(14-18)32-26(35)22(25(34)30-27(32)36)13-17-15-31(23-12-5-4-11-21(17)23)16-24(33)29-19-8-2-1-3-9-19/h1-15H,16H2,(H,29,33)(H,30,34,36)/b22-13-. The number of fused-ring (bicyclic) bond motifs is 1. The molecule has 5 rings (SSSR count). The Kier molecular flexibility index (Phi) is 6.49. The highest BCUT2D eigenvalue weighted by molar-refractivity contribution is 9.10. The van der Waals surface area contributed by atoms with Crippen molar-refractivity contribution in [1.29, 1.82) is 0 Å². The van der Waals surface area contributed by atoms with Gasteiger partial charge in [-0.05, 0) is 54.7 Å². The van der Waals surface area contributed by atoms with Gasteiger partial charge in [-0.3, -0.25) is 24.6 Å². The van der Waals surface area contributed by atoms with Crippen molar-refractivity contribution in [3.8, 4) is 0 Å². The second-order valence-electron chi connectivity index (χ2n) is 8.08. The summed E-state index contributed by atoms with van der Waals surface area (Å²) in [6.45, 7) is 0.0625. The van der Waals surface area contributed by atoms with Crippen molar-refractivity contribution in [3.63, 3.8) is 0 Å². The van der Waals surface area contributed by atoms with Crippen LogP contribution in [-0.4, -0.2) is 27.4 Å². The van der Waals surface area contributed by atoms with E-state index in [1.54, 1.807) is 35.0 Å². The van der Waals surface area contributed by atoms with Crippen LogP contribution in [0.2, 0.25) is 0 Å². The fourth-order valence-electron chi connectivity index (χ4n) is 4.06. The van der Waals surface area contributed by atoms with Gasteiger partial charge in [0.1, 0.15) is 12.1 Å². The average molecular weight is 559 g/mol. The van der Waals surface area contributed by atoms with Crippen molar-refractivity contribution < 1.29 is 14.4 Å². The molecule has 36 heavy (non-hydrogen) atoms. The van der Waals surface area contributed by atoms with Gasteiger partial charge in [-0.1, -0.05) is 58.4 Å². The van der Waals surface area contributed by atoms with Gasteiger partial charge in [-0.15, -0.1) is 0 Å². The van der Waals surface area contributed by atoms with E-state index in [1.807, 2.05) is 60.7 Å². The van der Waals surface area contributed by atoms with Gasteiger partial charge in [0.2, 0.25) is 5.91 Å². The maximum absolute atomic E-state index is 13.4. The van der Waals surface area contributed by atoms with Crippen LogP contribution in [0, 0.1) is 0 Å². The molecule has 4 aromatic rings. The van der Waals surface area contributed by atoms with Crippen molar-refractivity contribution in [1.82, 2.24) is 9.88 Å². The lowest BCUT2D eigenvalue weighted by Gasteiger charge is -2.29. The Hall–Kier alpha value is -4.08. The number of aromatic nitrogens is 1. The first kappa shape index (κ1) is 23.7. The quantitative estimate of drug-likeness (QED) is 0.208. The molecule has 3 aromatic carbocycles. The molecule has 0 spiro atoms. The second kappa shape index (κ2) is 9.88. The summed E-state index contributed by atoms with van der Waals surface area (Å²) in [5.74, 6) is -1.30. The smallest absolute Gasteiger partial charge is 0.270 e. The molecule has 0 atom stereocenters. The van der Waals surface area contributed by atoms with Gasteiger partial charge >= 0.3 is 0 Å². The zero-order valence-corrected chi connectivity index (χ0v) is 21.2. The number of benzene rings is 3. The van der Waals surface area contributed by atoms with E-state index >= 15 is 0 Å². The number of hydrogen-bond donors (Lipinski definition) is 2. The van der Waals surface area contributed by atoms with E-state index in [0.717, 1.165) is 15.4 Å². The van der Waals surface area contributed by atoms with E-state index in [1.165, 1.54) is 4.90 Å². The molecule has 2 N–H and O–H groups in total. The van der Waals surface area contributed by atoms with Crippen LogP contribution >= 0.6 is 28.1 Å². The third-order valence-corrected chi connectivity index (χ3v) is 6.44. The van der Waals surface area contributed by atoms with Crippen LogP contribution in [-0.2, 0) is 20.9 Å². The van der Waals surface area contributed by atoms with Crippen molar-refractivity contribution >= 4 is 79.3 Å². The van der Waals surface area contributed by atoms with Crippen molar-refractivity contribution in [2.75, 3.05) is 10.2 Å². The molecule has 1 saturated heterocycles. The van der Waals surface area contributed by atoms with E-state index in [9.17, 15) is 14.4 Å². The van der Waals surface area contributed by atoms with Gasteiger partial charge in [0.05, 0.1) is 5.69 Å². The molecule has 0 unspecified atom stereocenters.